The number of benzene rings is 14. The SMILES string of the molecule is CC(C)(C)c1ccc(N(c2ccc(-c3cccc4ccccc34)cc2)c2ccc3c(c2)C(C)(C)c2cc(/C=C/c4ccc5c(c4)C(C)(C)c4cc(/C=C/c6ccc7c(c6)C(C)(C)c6cc(N(c8ccc(-c9cccc%10ccccc9%10)cc8)c8ccc(C(C)(C)C)cc8)ccc6-7)ccc4-5)ccc2-3)cc1. The lowest BCUT2D eigenvalue weighted by molar-refractivity contribution is 0.590. The summed E-state index contributed by atoms with van der Waals surface area (Å²) in [6, 6.07) is 110. The molecule has 14 aromatic carbocycles. The normalized spacial score (nSPS) is 14.4. The van der Waals surface area contributed by atoms with Crippen LogP contribution >= 0.6 is 0 Å². The highest BCUT2D eigenvalue weighted by Gasteiger charge is 2.39. The second kappa shape index (κ2) is 24.5. The quantitative estimate of drug-likeness (QED) is 0.113. The van der Waals surface area contributed by atoms with Gasteiger partial charge in [0.1, 0.15) is 0 Å². The molecule has 0 spiro atoms. The van der Waals surface area contributed by atoms with Crippen molar-refractivity contribution in [3.8, 4) is 55.6 Å². The van der Waals surface area contributed by atoms with Gasteiger partial charge in [-0.15, -0.1) is 0 Å². The van der Waals surface area contributed by atoms with Gasteiger partial charge in [0.05, 0.1) is 0 Å². The highest BCUT2D eigenvalue weighted by Crippen LogP contribution is 2.55. The van der Waals surface area contributed by atoms with E-state index in [1.54, 1.807) is 0 Å². The van der Waals surface area contributed by atoms with Crippen molar-refractivity contribution < 1.29 is 0 Å². The topological polar surface area (TPSA) is 6.48 Å². The third kappa shape index (κ3) is 11.3. The molecule has 0 aliphatic heterocycles. The lowest BCUT2D eigenvalue weighted by Gasteiger charge is -2.29. The van der Waals surface area contributed by atoms with Gasteiger partial charge < -0.3 is 9.80 Å². The van der Waals surface area contributed by atoms with Crippen LogP contribution in [0.3, 0.4) is 0 Å². The van der Waals surface area contributed by atoms with Crippen molar-refractivity contribution in [1.29, 1.82) is 0 Å². The maximum atomic E-state index is 2.45. The summed E-state index contributed by atoms with van der Waals surface area (Å²) >= 11 is 0. The molecule has 14 aromatic rings. The van der Waals surface area contributed by atoms with Crippen LogP contribution in [0, 0.1) is 0 Å². The summed E-state index contributed by atoms with van der Waals surface area (Å²) in [6.07, 6.45) is 9.23. The molecule has 0 bridgehead atoms. The average molecular weight is 1330 g/mol. The van der Waals surface area contributed by atoms with Gasteiger partial charge in [0.15, 0.2) is 0 Å². The Morgan fingerprint density at radius 2 is 0.485 bits per heavy atom. The van der Waals surface area contributed by atoms with E-state index >= 15 is 0 Å². The molecule has 0 fully saturated rings. The summed E-state index contributed by atoms with van der Waals surface area (Å²) in [7, 11) is 0. The number of fused-ring (bicyclic) bond motifs is 11. The van der Waals surface area contributed by atoms with Gasteiger partial charge in [0.2, 0.25) is 0 Å². The first-order chi connectivity index (χ1) is 49.5. The highest BCUT2D eigenvalue weighted by atomic mass is 15.1. The summed E-state index contributed by atoms with van der Waals surface area (Å²) in [5, 5.41) is 5.04. The van der Waals surface area contributed by atoms with Crippen molar-refractivity contribution in [1.82, 2.24) is 0 Å². The van der Waals surface area contributed by atoms with E-state index in [-0.39, 0.29) is 27.1 Å². The monoisotopic (exact) mass is 1330 g/mol. The lowest BCUT2D eigenvalue weighted by atomic mass is 9.81. The molecule has 0 unspecified atom stereocenters. The van der Waals surface area contributed by atoms with E-state index in [0.29, 0.717) is 0 Å². The van der Waals surface area contributed by atoms with Gasteiger partial charge in [-0.1, -0.05) is 326 Å². The van der Waals surface area contributed by atoms with E-state index < -0.39 is 0 Å². The fraction of sp³-hybridized carbons (Fsp3) is 0.168. The van der Waals surface area contributed by atoms with Crippen LogP contribution in [0.1, 0.15) is 150 Å². The van der Waals surface area contributed by atoms with Crippen LogP contribution in [-0.4, -0.2) is 0 Å². The van der Waals surface area contributed by atoms with Gasteiger partial charge >= 0.3 is 0 Å². The largest absolute Gasteiger partial charge is 0.310 e. The standard InChI is InChI=1S/C101H88N2/c1-97(2,3)73-39-47-77(48-40-73)102(75-43-35-71(36-44-75)83-25-17-21-69-19-13-15-23-81(69)83)79-51-57-89-87-55-33-67(61-93(87)100(9,10)95(89)63-79)29-27-65-31-53-85-86-54-32-66(60-92(86)99(7,8)91(85)59-65)28-30-68-34-56-88-90-58-52-80(64-96(90)101(11,12)94(88)62-68)103(78-49-41-74(42-50-78)98(4,5)6)76-45-37-72(38-46-76)84-26-18-22-70-20-14-16-24-82(70)84/h13-64H,1-12H3/b29-27+,30-28+. The third-order valence-electron chi connectivity index (χ3n) is 23.0. The first kappa shape index (κ1) is 65.0. The molecule has 0 heterocycles. The Morgan fingerprint density at radius 3 is 0.786 bits per heavy atom. The van der Waals surface area contributed by atoms with Crippen molar-refractivity contribution in [2.24, 2.45) is 0 Å². The van der Waals surface area contributed by atoms with Crippen LogP contribution in [0.25, 0.3) is 101 Å². The van der Waals surface area contributed by atoms with E-state index in [1.165, 1.54) is 144 Å². The molecule has 3 aliphatic carbocycles. The van der Waals surface area contributed by atoms with Crippen molar-refractivity contribution in [3.63, 3.8) is 0 Å². The lowest BCUT2D eigenvalue weighted by Crippen LogP contribution is -2.17. The smallest absolute Gasteiger partial charge is 0.0465 e. The minimum Gasteiger partial charge on any atom is -0.310 e. The molecule has 103 heavy (non-hydrogen) atoms. The van der Waals surface area contributed by atoms with Gasteiger partial charge in [0.25, 0.3) is 0 Å². The van der Waals surface area contributed by atoms with Crippen LogP contribution < -0.4 is 9.80 Å². The predicted octanol–water partition coefficient (Wildman–Crippen LogP) is 28.1. The summed E-state index contributed by atoms with van der Waals surface area (Å²) in [4.78, 5) is 4.86. The fourth-order valence-electron chi connectivity index (χ4n) is 17.0. The number of hydrogen-bond donors (Lipinski definition) is 0. The molecule has 2 heteroatoms. The maximum Gasteiger partial charge on any atom is 0.0465 e. The molecule has 502 valence electrons. The molecule has 2 nitrogen and oxygen atoms in total. The Labute approximate surface area is 609 Å². The zero-order chi connectivity index (χ0) is 70.9. The van der Waals surface area contributed by atoms with Gasteiger partial charge in [-0.25, -0.2) is 0 Å². The van der Waals surface area contributed by atoms with Gasteiger partial charge in [-0.2, -0.15) is 0 Å². The van der Waals surface area contributed by atoms with Crippen LogP contribution in [-0.2, 0) is 27.1 Å². The number of rotatable bonds is 12. The molecule has 0 amide bonds. The molecular weight excluding hydrogens is 1240 g/mol. The second-order valence-electron chi connectivity index (χ2n) is 32.6. The first-order valence-corrected chi connectivity index (χ1v) is 36.8. The van der Waals surface area contributed by atoms with Crippen LogP contribution in [0.15, 0.2) is 291 Å². The molecule has 3 aliphatic rings. The third-order valence-corrected chi connectivity index (χ3v) is 23.0. The molecule has 0 saturated carbocycles. The summed E-state index contributed by atoms with van der Waals surface area (Å²) < 4.78 is 0. The van der Waals surface area contributed by atoms with Crippen molar-refractivity contribution in [2.45, 2.75) is 110 Å². The number of nitrogens with zero attached hydrogens (tertiary/aromatic N) is 2. The van der Waals surface area contributed by atoms with Crippen molar-refractivity contribution >= 4 is 80.0 Å². The molecule has 0 atom stereocenters. The molecule has 17 rings (SSSR count). The number of anilines is 6. The zero-order valence-corrected chi connectivity index (χ0v) is 61.4. The summed E-state index contributed by atoms with van der Waals surface area (Å²) in [5.74, 6) is 0. The van der Waals surface area contributed by atoms with Gasteiger partial charge in [-0.05, 0) is 228 Å². The van der Waals surface area contributed by atoms with Crippen LogP contribution in [0.5, 0.6) is 0 Å². The minimum absolute atomic E-state index is 0.0492. The first-order valence-electron chi connectivity index (χ1n) is 36.8. The van der Waals surface area contributed by atoms with Crippen LogP contribution in [0.4, 0.5) is 34.1 Å². The van der Waals surface area contributed by atoms with Gasteiger partial charge in [0, 0.05) is 50.4 Å². The van der Waals surface area contributed by atoms with E-state index in [9.17, 15) is 0 Å². The highest BCUT2D eigenvalue weighted by molar-refractivity contribution is 5.99. The predicted molar refractivity (Wildman–Crippen MR) is 443 cm³/mol. The minimum atomic E-state index is -0.224. The Morgan fingerprint density at radius 1 is 0.233 bits per heavy atom. The Bertz CT molecular complexity index is 5390. The van der Waals surface area contributed by atoms with Crippen molar-refractivity contribution in [3.05, 3.63) is 358 Å². The summed E-state index contributed by atoms with van der Waals surface area (Å²) in [6.45, 7) is 28.1. The molecule has 0 radical (unpaired) electrons. The van der Waals surface area contributed by atoms with E-state index in [0.717, 1.165) is 34.1 Å². The zero-order valence-electron chi connectivity index (χ0n) is 61.4. The second-order valence-corrected chi connectivity index (χ2v) is 32.6. The van der Waals surface area contributed by atoms with Crippen LogP contribution in [0.2, 0.25) is 0 Å². The Balaban J connectivity index is 0.606. The fourth-order valence-corrected chi connectivity index (χ4v) is 17.0. The van der Waals surface area contributed by atoms with Gasteiger partial charge in [-0.3, -0.25) is 0 Å². The molecule has 0 N–H and O–H groups in total. The van der Waals surface area contributed by atoms with E-state index in [1.807, 2.05) is 0 Å². The Kier molecular flexibility index (Phi) is 15.4. The van der Waals surface area contributed by atoms with E-state index in [2.05, 4.69) is 408 Å². The van der Waals surface area contributed by atoms with Crippen molar-refractivity contribution in [2.75, 3.05) is 9.80 Å². The Hall–Kier alpha value is -11.3. The van der Waals surface area contributed by atoms with E-state index in [4.69, 9.17) is 0 Å². The molecule has 0 aromatic heterocycles. The average Bonchev–Trinajstić information content (AvgIpc) is 1.60. The maximum absolute atomic E-state index is 2.45. The molecular formula is C101H88N2. The number of hydrogen-bond acceptors (Lipinski definition) is 2. The summed E-state index contributed by atoms with van der Waals surface area (Å²) in [5.41, 5.74) is 34.7. The molecule has 0 saturated heterocycles.